The van der Waals surface area contributed by atoms with Crippen LogP contribution in [0.2, 0.25) is 0 Å². The lowest BCUT2D eigenvalue weighted by atomic mass is 10.2. The zero-order valence-corrected chi connectivity index (χ0v) is 6.49. The van der Waals surface area contributed by atoms with E-state index >= 15 is 0 Å². The highest BCUT2D eigenvalue weighted by atomic mass is 15.2. The van der Waals surface area contributed by atoms with Crippen LogP contribution in [-0.4, -0.2) is 0 Å². The van der Waals surface area contributed by atoms with Crippen molar-refractivity contribution < 1.29 is 0 Å². The van der Waals surface area contributed by atoms with Crippen LogP contribution in [0.15, 0.2) is 30.3 Å². The van der Waals surface area contributed by atoms with Gasteiger partial charge in [0.25, 0.3) is 0 Å². The van der Waals surface area contributed by atoms with Crippen LogP contribution >= 0.6 is 0 Å². The summed E-state index contributed by atoms with van der Waals surface area (Å²) >= 11 is 0. The molecule has 0 bridgehead atoms. The minimum atomic E-state index is 0.809. The van der Waals surface area contributed by atoms with Gasteiger partial charge in [0.05, 0.1) is 11.8 Å². The third kappa shape index (κ3) is 1.84. The Morgan fingerprint density at radius 3 is 2.83 bits per heavy atom. The van der Waals surface area contributed by atoms with Crippen LogP contribution in [-0.2, 0) is 0 Å². The molecule has 3 nitrogen and oxygen atoms in total. The summed E-state index contributed by atoms with van der Waals surface area (Å²) in [4.78, 5) is 0. The maximum atomic E-state index is 8.30. The second kappa shape index (κ2) is 4.16. The van der Waals surface area contributed by atoms with Crippen LogP contribution in [0.3, 0.4) is 0 Å². The molecule has 0 atom stereocenters. The average molecular weight is 159 g/mol. The van der Waals surface area contributed by atoms with Crippen molar-refractivity contribution in [2.24, 2.45) is 5.84 Å². The number of benzene rings is 1. The first-order valence-electron chi connectivity index (χ1n) is 3.50. The van der Waals surface area contributed by atoms with Crippen molar-refractivity contribution in [1.29, 1.82) is 5.26 Å². The third-order valence-electron chi connectivity index (χ3n) is 1.45. The van der Waals surface area contributed by atoms with Crippen molar-refractivity contribution in [3.63, 3.8) is 0 Å². The van der Waals surface area contributed by atoms with E-state index in [4.69, 9.17) is 11.1 Å². The predicted molar refractivity (Wildman–Crippen MR) is 48.9 cm³/mol. The number of para-hydroxylation sites is 1. The molecule has 0 heterocycles. The van der Waals surface area contributed by atoms with Gasteiger partial charge in [0.15, 0.2) is 0 Å². The van der Waals surface area contributed by atoms with Crippen molar-refractivity contribution in [2.75, 3.05) is 5.43 Å². The van der Waals surface area contributed by atoms with E-state index in [0.717, 1.165) is 11.3 Å². The first-order chi connectivity index (χ1) is 5.88. The molecule has 0 spiro atoms. The number of nitrogen functional groups attached to an aromatic ring is 1. The van der Waals surface area contributed by atoms with Crippen molar-refractivity contribution in [3.05, 3.63) is 35.9 Å². The van der Waals surface area contributed by atoms with Gasteiger partial charge in [0.1, 0.15) is 0 Å². The molecule has 0 amide bonds. The zero-order valence-electron chi connectivity index (χ0n) is 6.49. The molecular weight excluding hydrogens is 150 g/mol. The zero-order chi connectivity index (χ0) is 8.81. The summed E-state index contributed by atoms with van der Waals surface area (Å²) in [6.45, 7) is 0. The molecule has 0 saturated heterocycles. The quantitative estimate of drug-likeness (QED) is 0.390. The van der Waals surface area contributed by atoms with E-state index in [0.29, 0.717) is 0 Å². The number of rotatable bonds is 2. The molecule has 1 aromatic carbocycles. The summed E-state index contributed by atoms with van der Waals surface area (Å²) in [7, 11) is 0. The van der Waals surface area contributed by atoms with Gasteiger partial charge in [0, 0.05) is 6.08 Å². The van der Waals surface area contributed by atoms with Crippen molar-refractivity contribution in [3.8, 4) is 6.07 Å². The highest BCUT2D eigenvalue weighted by Gasteiger charge is 1.93. The molecule has 0 fully saturated rings. The number of allylic oxidation sites excluding steroid dienone is 1. The minimum absolute atomic E-state index is 0.809. The van der Waals surface area contributed by atoms with Crippen molar-refractivity contribution in [2.45, 2.75) is 0 Å². The van der Waals surface area contributed by atoms with E-state index in [1.807, 2.05) is 30.3 Å². The second-order valence-corrected chi connectivity index (χ2v) is 2.19. The Bertz CT molecular complexity index is 323. The van der Waals surface area contributed by atoms with Crippen LogP contribution in [0.4, 0.5) is 5.69 Å². The Balaban J connectivity index is 2.99. The fourth-order valence-electron chi connectivity index (χ4n) is 0.901. The highest BCUT2D eigenvalue weighted by molar-refractivity contribution is 5.66. The highest BCUT2D eigenvalue weighted by Crippen LogP contribution is 2.14. The molecule has 0 aliphatic carbocycles. The largest absolute Gasteiger partial charge is 0.324 e. The fraction of sp³-hybridized carbons (Fsp3) is 0. The van der Waals surface area contributed by atoms with Crippen LogP contribution in [0, 0.1) is 11.3 Å². The summed E-state index contributed by atoms with van der Waals surface area (Å²) in [5, 5.41) is 8.30. The number of nitrogens with zero attached hydrogens (tertiary/aromatic N) is 1. The van der Waals surface area contributed by atoms with Gasteiger partial charge in [-0.1, -0.05) is 18.2 Å². The first kappa shape index (κ1) is 8.31. The van der Waals surface area contributed by atoms with E-state index in [-0.39, 0.29) is 0 Å². The van der Waals surface area contributed by atoms with Gasteiger partial charge in [-0.05, 0) is 17.7 Å². The number of hydrogen-bond acceptors (Lipinski definition) is 3. The van der Waals surface area contributed by atoms with Gasteiger partial charge >= 0.3 is 0 Å². The van der Waals surface area contributed by atoms with Gasteiger partial charge in [-0.15, -0.1) is 0 Å². The van der Waals surface area contributed by atoms with Crippen LogP contribution in [0.1, 0.15) is 5.56 Å². The van der Waals surface area contributed by atoms with Crippen molar-refractivity contribution in [1.82, 2.24) is 0 Å². The fourth-order valence-corrected chi connectivity index (χ4v) is 0.901. The van der Waals surface area contributed by atoms with Crippen molar-refractivity contribution >= 4 is 11.8 Å². The molecule has 0 aromatic heterocycles. The lowest BCUT2D eigenvalue weighted by Gasteiger charge is -2.02. The first-order valence-corrected chi connectivity index (χ1v) is 3.50. The number of hydrazine groups is 1. The van der Waals surface area contributed by atoms with E-state index in [1.165, 1.54) is 6.08 Å². The normalized spacial score (nSPS) is 9.67. The molecule has 1 aromatic rings. The molecule has 1 rings (SSSR count). The van der Waals surface area contributed by atoms with Gasteiger partial charge in [-0.2, -0.15) is 5.26 Å². The molecule has 0 aliphatic rings. The van der Waals surface area contributed by atoms with Gasteiger partial charge in [-0.25, -0.2) is 0 Å². The molecule has 60 valence electrons. The summed E-state index contributed by atoms with van der Waals surface area (Å²) in [5.74, 6) is 5.26. The Morgan fingerprint density at radius 2 is 2.17 bits per heavy atom. The Labute approximate surface area is 71.1 Å². The molecular formula is C9H9N3. The molecule has 0 saturated carbocycles. The number of hydrogen-bond donors (Lipinski definition) is 2. The maximum absolute atomic E-state index is 8.30. The number of nitrogens with two attached hydrogens (primary N) is 1. The summed E-state index contributed by atoms with van der Waals surface area (Å²) < 4.78 is 0. The third-order valence-corrected chi connectivity index (χ3v) is 1.45. The van der Waals surface area contributed by atoms with Crippen LogP contribution in [0.5, 0.6) is 0 Å². The topological polar surface area (TPSA) is 61.8 Å². The SMILES string of the molecule is N#C/C=C/c1ccccc1NN. The predicted octanol–water partition coefficient (Wildman–Crippen LogP) is 1.51. The summed E-state index contributed by atoms with van der Waals surface area (Å²) in [6, 6.07) is 9.40. The average Bonchev–Trinajstić information content (AvgIpc) is 2.15. The molecule has 0 aliphatic heterocycles. The maximum Gasteiger partial charge on any atom is 0.0912 e. The van der Waals surface area contributed by atoms with Crippen LogP contribution < -0.4 is 11.3 Å². The van der Waals surface area contributed by atoms with E-state index < -0.39 is 0 Å². The Kier molecular flexibility index (Phi) is 2.88. The molecule has 0 unspecified atom stereocenters. The lowest BCUT2D eigenvalue weighted by Crippen LogP contribution is -2.07. The van der Waals surface area contributed by atoms with Crippen LogP contribution in [0.25, 0.3) is 6.08 Å². The molecule has 12 heavy (non-hydrogen) atoms. The Hall–Kier alpha value is -1.79. The summed E-state index contributed by atoms with van der Waals surface area (Å²) in [6.07, 6.45) is 3.12. The number of nitriles is 1. The minimum Gasteiger partial charge on any atom is -0.324 e. The monoisotopic (exact) mass is 159 g/mol. The van der Waals surface area contributed by atoms with Gasteiger partial charge in [0.2, 0.25) is 0 Å². The molecule has 3 heteroatoms. The van der Waals surface area contributed by atoms with Gasteiger partial charge in [-0.3, -0.25) is 5.84 Å². The molecule has 0 radical (unpaired) electrons. The number of nitrogens with one attached hydrogen (secondary N) is 1. The van der Waals surface area contributed by atoms with E-state index in [9.17, 15) is 0 Å². The Morgan fingerprint density at radius 1 is 1.42 bits per heavy atom. The smallest absolute Gasteiger partial charge is 0.0912 e. The van der Waals surface area contributed by atoms with E-state index in [1.54, 1.807) is 6.08 Å². The van der Waals surface area contributed by atoms with E-state index in [2.05, 4.69) is 5.43 Å². The number of anilines is 1. The second-order valence-electron chi connectivity index (χ2n) is 2.19. The standard InChI is InChI=1S/C9H9N3/c10-7-3-5-8-4-1-2-6-9(8)12-11/h1-6,12H,11H2/b5-3+. The summed E-state index contributed by atoms with van der Waals surface area (Å²) in [5.41, 5.74) is 4.26. The van der Waals surface area contributed by atoms with Gasteiger partial charge < -0.3 is 5.43 Å². The lowest BCUT2D eigenvalue weighted by molar-refractivity contribution is 1.34. The molecule has 3 N–H and O–H groups in total.